The fourth-order valence-electron chi connectivity index (χ4n) is 3.90. The highest BCUT2D eigenvalue weighted by Crippen LogP contribution is 2.30. The Morgan fingerprint density at radius 1 is 0.833 bits per heavy atom. The van der Waals surface area contributed by atoms with Gasteiger partial charge in [0.15, 0.2) is 0 Å². The molecule has 0 saturated carbocycles. The Kier molecular flexibility index (Phi) is 13.5. The maximum atomic E-state index is 12.8. The molecule has 7 heteroatoms. The minimum atomic E-state index is -3.42. The van der Waals surface area contributed by atoms with Gasteiger partial charge in [0.2, 0.25) is 10.0 Å². The monoisotopic (exact) mass is 520 g/mol. The van der Waals surface area contributed by atoms with E-state index in [0.29, 0.717) is 30.5 Å². The summed E-state index contributed by atoms with van der Waals surface area (Å²) < 4.78 is 38.4. The van der Waals surface area contributed by atoms with E-state index in [-0.39, 0.29) is 13.3 Å². The van der Waals surface area contributed by atoms with Gasteiger partial charge < -0.3 is 14.4 Å². The first kappa shape index (κ1) is 31.9. The highest BCUT2D eigenvalue weighted by atomic mass is 32.2. The topological polar surface area (TPSA) is 59.1 Å². The van der Waals surface area contributed by atoms with Gasteiger partial charge in [-0.2, -0.15) is 4.31 Å². The lowest BCUT2D eigenvalue weighted by molar-refractivity contribution is 0.222. The Hall–Kier alpha value is -2.09. The molecule has 204 valence electrons. The van der Waals surface area contributed by atoms with Gasteiger partial charge in [0.1, 0.15) is 11.5 Å². The number of nitrogens with zero attached hydrogens (tertiary/aromatic N) is 2. The number of hydrogen-bond donors (Lipinski definition) is 0. The molecular formula is C29H48N2O4S. The third-order valence-corrected chi connectivity index (χ3v) is 7.90. The molecule has 1 aliphatic rings. The van der Waals surface area contributed by atoms with E-state index < -0.39 is 10.0 Å². The van der Waals surface area contributed by atoms with Crippen LogP contribution in [0, 0.1) is 0 Å². The van der Waals surface area contributed by atoms with Crippen LogP contribution in [0.2, 0.25) is 0 Å². The zero-order chi connectivity index (χ0) is 26.0. The standard InChI is InChI=1S/C16H26N2O3S.C12H18O.CH4/c1-5-21-16-7-6-14(12-15(16)13(2)3)22(19,20)18-10-8-17(4)9-11-18;1-4-9-13-12-8-6-5-7-11(12)10(2)3;/h6-7,12-13H,5,8-11H2,1-4H3;5-8,10H,4,9H2,1-3H3;1H4. The first-order valence-corrected chi connectivity index (χ1v) is 14.2. The van der Waals surface area contributed by atoms with Crippen molar-refractivity contribution < 1.29 is 17.9 Å². The van der Waals surface area contributed by atoms with Crippen molar-refractivity contribution >= 4 is 10.0 Å². The van der Waals surface area contributed by atoms with Gasteiger partial charge >= 0.3 is 0 Å². The molecule has 0 unspecified atom stereocenters. The van der Waals surface area contributed by atoms with Gasteiger partial charge in [0.25, 0.3) is 0 Å². The Morgan fingerprint density at radius 3 is 1.97 bits per heavy atom. The summed E-state index contributed by atoms with van der Waals surface area (Å²) in [5, 5.41) is 0. The van der Waals surface area contributed by atoms with E-state index in [2.05, 4.69) is 37.8 Å². The van der Waals surface area contributed by atoms with Crippen LogP contribution in [0.15, 0.2) is 47.4 Å². The molecule has 0 aliphatic carbocycles. The summed E-state index contributed by atoms with van der Waals surface area (Å²) >= 11 is 0. The quantitative estimate of drug-likeness (QED) is 0.384. The van der Waals surface area contributed by atoms with Crippen LogP contribution in [0.4, 0.5) is 0 Å². The first-order chi connectivity index (χ1) is 16.6. The van der Waals surface area contributed by atoms with Crippen molar-refractivity contribution in [3.63, 3.8) is 0 Å². The molecule has 2 aromatic rings. The van der Waals surface area contributed by atoms with Gasteiger partial charge in [-0.3, -0.25) is 0 Å². The third kappa shape index (κ3) is 8.79. The Balaban J connectivity index is 0.000000397. The number of likely N-dealkylation sites (N-methyl/N-ethyl adjacent to an activating group) is 1. The van der Waals surface area contributed by atoms with E-state index in [4.69, 9.17) is 9.47 Å². The molecule has 0 bridgehead atoms. The molecule has 0 radical (unpaired) electrons. The van der Waals surface area contributed by atoms with Crippen LogP contribution in [0.5, 0.6) is 11.5 Å². The molecule has 36 heavy (non-hydrogen) atoms. The van der Waals surface area contributed by atoms with E-state index in [1.807, 2.05) is 40.0 Å². The molecule has 0 aromatic heterocycles. The third-order valence-electron chi connectivity index (χ3n) is 6.01. The second-order valence-electron chi connectivity index (χ2n) is 9.54. The van der Waals surface area contributed by atoms with Crippen LogP contribution in [0.25, 0.3) is 0 Å². The van der Waals surface area contributed by atoms with Gasteiger partial charge in [0, 0.05) is 26.2 Å². The number of para-hydroxylation sites is 1. The second kappa shape index (κ2) is 15.2. The van der Waals surface area contributed by atoms with Crippen LogP contribution >= 0.6 is 0 Å². The number of hydrogen-bond acceptors (Lipinski definition) is 5. The van der Waals surface area contributed by atoms with Gasteiger partial charge in [-0.1, -0.05) is 60.2 Å². The van der Waals surface area contributed by atoms with Crippen LogP contribution in [0.3, 0.4) is 0 Å². The summed E-state index contributed by atoms with van der Waals surface area (Å²) in [4.78, 5) is 2.51. The Bertz CT molecular complexity index is 1010. The van der Waals surface area contributed by atoms with Crippen molar-refractivity contribution in [3.8, 4) is 11.5 Å². The van der Waals surface area contributed by atoms with Gasteiger partial charge in [-0.25, -0.2) is 8.42 Å². The normalized spacial score (nSPS) is 14.7. The van der Waals surface area contributed by atoms with Crippen molar-refractivity contribution in [2.75, 3.05) is 46.4 Å². The summed E-state index contributed by atoms with van der Waals surface area (Å²) in [7, 11) is -1.41. The molecule has 1 fully saturated rings. The van der Waals surface area contributed by atoms with Crippen LogP contribution < -0.4 is 9.47 Å². The summed E-state index contributed by atoms with van der Waals surface area (Å²) in [5.74, 6) is 2.56. The zero-order valence-corrected chi connectivity index (χ0v) is 23.4. The van der Waals surface area contributed by atoms with Crippen molar-refractivity contribution in [2.24, 2.45) is 0 Å². The Morgan fingerprint density at radius 2 is 1.42 bits per heavy atom. The minimum Gasteiger partial charge on any atom is -0.494 e. The van der Waals surface area contributed by atoms with E-state index in [1.54, 1.807) is 22.5 Å². The van der Waals surface area contributed by atoms with E-state index in [1.165, 1.54) is 5.56 Å². The molecule has 3 rings (SSSR count). The van der Waals surface area contributed by atoms with E-state index in [0.717, 1.165) is 43.2 Å². The molecule has 1 heterocycles. The number of ether oxygens (including phenoxy) is 2. The number of piperazine rings is 1. The lowest BCUT2D eigenvalue weighted by atomic mass is 10.0. The van der Waals surface area contributed by atoms with Crippen molar-refractivity contribution in [2.45, 2.75) is 72.1 Å². The zero-order valence-electron chi connectivity index (χ0n) is 22.6. The molecule has 1 saturated heterocycles. The van der Waals surface area contributed by atoms with Crippen LogP contribution in [-0.2, 0) is 10.0 Å². The molecule has 6 nitrogen and oxygen atoms in total. The van der Waals surface area contributed by atoms with Crippen molar-refractivity contribution in [1.29, 1.82) is 0 Å². The first-order valence-electron chi connectivity index (χ1n) is 12.8. The van der Waals surface area contributed by atoms with Crippen molar-refractivity contribution in [3.05, 3.63) is 53.6 Å². The predicted molar refractivity (Wildman–Crippen MR) is 151 cm³/mol. The molecule has 0 atom stereocenters. The molecule has 0 spiro atoms. The van der Waals surface area contributed by atoms with Crippen LogP contribution in [0.1, 0.15) is 78.4 Å². The van der Waals surface area contributed by atoms with Gasteiger partial charge in [-0.15, -0.1) is 0 Å². The molecule has 2 aromatic carbocycles. The van der Waals surface area contributed by atoms with E-state index >= 15 is 0 Å². The smallest absolute Gasteiger partial charge is 0.243 e. The fraction of sp³-hybridized carbons (Fsp3) is 0.586. The second-order valence-corrected chi connectivity index (χ2v) is 11.5. The lowest BCUT2D eigenvalue weighted by Gasteiger charge is -2.31. The maximum Gasteiger partial charge on any atom is 0.243 e. The Labute approximate surface area is 220 Å². The maximum absolute atomic E-state index is 12.8. The number of rotatable bonds is 9. The largest absolute Gasteiger partial charge is 0.494 e. The predicted octanol–water partition coefficient (Wildman–Crippen LogP) is 6.38. The summed E-state index contributed by atoms with van der Waals surface area (Å²) in [6.45, 7) is 16.5. The summed E-state index contributed by atoms with van der Waals surface area (Å²) in [5.41, 5.74) is 2.24. The average molecular weight is 521 g/mol. The highest BCUT2D eigenvalue weighted by Gasteiger charge is 2.28. The van der Waals surface area contributed by atoms with Gasteiger partial charge in [0.05, 0.1) is 18.1 Å². The number of sulfonamides is 1. The summed E-state index contributed by atoms with van der Waals surface area (Å²) in [6, 6.07) is 13.5. The average Bonchev–Trinajstić information content (AvgIpc) is 2.83. The van der Waals surface area contributed by atoms with Crippen LogP contribution in [-0.4, -0.2) is 64.1 Å². The molecule has 0 amide bonds. The van der Waals surface area contributed by atoms with Gasteiger partial charge in [-0.05, 0) is 67.6 Å². The molecule has 0 N–H and O–H groups in total. The highest BCUT2D eigenvalue weighted by molar-refractivity contribution is 7.89. The molecule has 1 aliphatic heterocycles. The number of benzene rings is 2. The molecular weight excluding hydrogens is 472 g/mol. The summed E-state index contributed by atoms with van der Waals surface area (Å²) in [6.07, 6.45) is 1.06. The lowest BCUT2D eigenvalue weighted by Crippen LogP contribution is -2.47. The fourth-order valence-corrected chi connectivity index (χ4v) is 5.36. The minimum absolute atomic E-state index is 0. The van der Waals surface area contributed by atoms with Crippen molar-refractivity contribution in [1.82, 2.24) is 9.21 Å². The SMILES string of the molecule is C.CCCOc1ccccc1C(C)C.CCOc1ccc(S(=O)(=O)N2CCN(C)CC2)cc1C(C)C. The van der Waals surface area contributed by atoms with E-state index in [9.17, 15) is 8.42 Å².